The molecule has 3 aromatic rings. The van der Waals surface area contributed by atoms with Gasteiger partial charge in [-0.3, -0.25) is 9.69 Å². The van der Waals surface area contributed by atoms with Crippen molar-refractivity contribution in [2.24, 2.45) is 23.2 Å². The average Bonchev–Trinajstić information content (AvgIpc) is 3.55. The highest BCUT2D eigenvalue weighted by atomic mass is 19.4. The highest BCUT2D eigenvalue weighted by Gasteiger charge is 2.58. The summed E-state index contributed by atoms with van der Waals surface area (Å²) >= 11 is 0. The van der Waals surface area contributed by atoms with Crippen molar-refractivity contribution < 1.29 is 27.4 Å². The van der Waals surface area contributed by atoms with E-state index in [0.29, 0.717) is 53.9 Å². The van der Waals surface area contributed by atoms with Gasteiger partial charge in [-0.2, -0.15) is 10.2 Å². The fourth-order valence-electron chi connectivity index (χ4n) is 9.15. The first-order valence-corrected chi connectivity index (χ1v) is 16.7. The number of likely N-dealkylation sites (tertiary alicyclic amines) is 1. The van der Waals surface area contributed by atoms with Crippen LogP contribution in [-0.4, -0.2) is 52.4 Å². The Labute approximate surface area is 277 Å². The molecule has 2 aromatic carbocycles. The summed E-state index contributed by atoms with van der Waals surface area (Å²) in [4.78, 5) is 24.5. The van der Waals surface area contributed by atoms with Crippen LogP contribution in [0.4, 0.5) is 24.9 Å². The number of para-hydroxylation sites is 1. The van der Waals surface area contributed by atoms with Gasteiger partial charge in [-0.25, -0.2) is 4.98 Å². The maximum Gasteiger partial charge on any atom is 0.573 e. The van der Waals surface area contributed by atoms with Gasteiger partial charge in [0, 0.05) is 24.7 Å². The molecule has 252 valence electrons. The number of carbonyl (C=O) groups is 1. The molecular formula is C36H39F3N6O3. The number of hydrogen-bond acceptors (Lipinski definition) is 9. The molecule has 4 bridgehead atoms. The standard InChI is InChI=1S/C36H39F3N6O3/c37-36(38,39)48-30-11-5-4-9-25(30)19-41-34-42-20-28(18-40)32(44-34)43-22-35-15-24-13-26(16-35)31(27(14-24)17-35)45-12-6-10-29(45)33(46)47-21-23-7-2-1-3-8-23/h1-5,7-9,11,20,24,26-27,29,31H,6,10,12-17,19,21-22H2,(H2,41,42,43,44)/t24?,26-,27+,29?,31?,35?. The van der Waals surface area contributed by atoms with Crippen molar-refractivity contribution in [3.63, 3.8) is 0 Å². The normalized spacial score (nSPS) is 27.8. The van der Waals surface area contributed by atoms with E-state index in [9.17, 15) is 23.2 Å². The minimum Gasteiger partial charge on any atom is -0.460 e. The van der Waals surface area contributed by atoms with Crippen LogP contribution in [-0.2, 0) is 22.7 Å². The van der Waals surface area contributed by atoms with Crippen LogP contribution >= 0.6 is 0 Å². The predicted molar refractivity (Wildman–Crippen MR) is 171 cm³/mol. The summed E-state index contributed by atoms with van der Waals surface area (Å²) in [7, 11) is 0. The first-order valence-electron chi connectivity index (χ1n) is 16.7. The van der Waals surface area contributed by atoms with Crippen LogP contribution in [0.25, 0.3) is 0 Å². The van der Waals surface area contributed by atoms with Gasteiger partial charge in [-0.1, -0.05) is 48.5 Å². The molecule has 4 aliphatic carbocycles. The molecular weight excluding hydrogens is 621 g/mol. The number of benzene rings is 2. The third-order valence-electron chi connectivity index (χ3n) is 10.7. The van der Waals surface area contributed by atoms with E-state index in [2.05, 4.69) is 36.3 Å². The molecule has 4 unspecified atom stereocenters. The van der Waals surface area contributed by atoms with E-state index < -0.39 is 6.36 Å². The third kappa shape index (κ3) is 6.92. The highest BCUT2D eigenvalue weighted by molar-refractivity contribution is 5.76. The molecule has 1 aromatic heterocycles. The van der Waals surface area contributed by atoms with E-state index in [1.54, 1.807) is 6.07 Å². The van der Waals surface area contributed by atoms with E-state index >= 15 is 0 Å². The summed E-state index contributed by atoms with van der Waals surface area (Å²) in [6.45, 7) is 1.89. The summed E-state index contributed by atoms with van der Waals surface area (Å²) in [6.07, 6.45) is 4.03. The molecule has 1 aliphatic heterocycles. The van der Waals surface area contributed by atoms with E-state index in [1.165, 1.54) is 37.2 Å². The molecule has 48 heavy (non-hydrogen) atoms. The SMILES string of the molecule is N#Cc1cnc(NCc2ccccc2OC(F)(F)F)nc1NCC12CC3C[C@H](C1)C(N1CCCC1C(=O)OCc1ccccc1)[C@@H](C3)C2. The summed E-state index contributed by atoms with van der Waals surface area (Å²) in [5.74, 6) is 1.83. The predicted octanol–water partition coefficient (Wildman–Crippen LogP) is 6.67. The van der Waals surface area contributed by atoms with E-state index in [4.69, 9.17) is 4.74 Å². The zero-order chi connectivity index (χ0) is 33.3. The zero-order valence-corrected chi connectivity index (χ0v) is 26.6. The van der Waals surface area contributed by atoms with Crippen molar-refractivity contribution in [1.82, 2.24) is 14.9 Å². The molecule has 0 amide bonds. The Morgan fingerprint density at radius 1 is 1.04 bits per heavy atom. The van der Waals surface area contributed by atoms with Crippen LogP contribution in [0.2, 0.25) is 0 Å². The van der Waals surface area contributed by atoms with Crippen molar-refractivity contribution in [1.29, 1.82) is 5.26 Å². The van der Waals surface area contributed by atoms with Gasteiger partial charge in [-0.15, -0.1) is 13.2 Å². The Hall–Kier alpha value is -4.37. The number of hydrogen-bond donors (Lipinski definition) is 2. The fourth-order valence-corrected chi connectivity index (χ4v) is 9.15. The van der Waals surface area contributed by atoms with E-state index in [0.717, 1.165) is 44.2 Å². The minimum absolute atomic E-state index is 0.00521. The number of halogens is 3. The lowest BCUT2D eigenvalue weighted by atomic mass is 9.47. The Morgan fingerprint density at radius 3 is 2.54 bits per heavy atom. The Balaban J connectivity index is 0.999. The number of alkyl halides is 3. The lowest BCUT2D eigenvalue weighted by molar-refractivity contribution is -0.274. The fraction of sp³-hybridized carbons (Fsp3) is 0.500. The molecule has 0 spiro atoms. The topological polar surface area (TPSA) is 112 Å². The molecule has 4 saturated carbocycles. The van der Waals surface area contributed by atoms with Crippen LogP contribution in [0.3, 0.4) is 0 Å². The smallest absolute Gasteiger partial charge is 0.460 e. The monoisotopic (exact) mass is 660 g/mol. The van der Waals surface area contributed by atoms with Crippen LogP contribution in [0.5, 0.6) is 5.75 Å². The zero-order valence-electron chi connectivity index (χ0n) is 26.6. The first-order chi connectivity index (χ1) is 23.2. The summed E-state index contributed by atoms with van der Waals surface area (Å²) in [5, 5.41) is 16.2. The largest absolute Gasteiger partial charge is 0.573 e. The summed E-state index contributed by atoms with van der Waals surface area (Å²) in [6, 6.07) is 18.0. The number of rotatable bonds is 11. The number of esters is 1. The number of ether oxygens (including phenoxy) is 2. The van der Waals surface area contributed by atoms with Gasteiger partial charge in [-0.05, 0) is 86.3 Å². The van der Waals surface area contributed by atoms with E-state index in [-0.39, 0.29) is 35.7 Å². The molecule has 1 saturated heterocycles. The van der Waals surface area contributed by atoms with Gasteiger partial charge >= 0.3 is 12.3 Å². The minimum atomic E-state index is -4.81. The molecule has 5 aliphatic rings. The van der Waals surface area contributed by atoms with Crippen LogP contribution in [0.15, 0.2) is 60.8 Å². The van der Waals surface area contributed by atoms with Crippen LogP contribution in [0, 0.1) is 34.5 Å². The van der Waals surface area contributed by atoms with Gasteiger partial charge in [0.15, 0.2) is 0 Å². The third-order valence-corrected chi connectivity index (χ3v) is 10.7. The highest BCUT2D eigenvalue weighted by Crippen LogP contribution is 2.61. The molecule has 0 radical (unpaired) electrons. The van der Waals surface area contributed by atoms with Gasteiger partial charge in [0.2, 0.25) is 5.95 Å². The van der Waals surface area contributed by atoms with Gasteiger partial charge in [0.25, 0.3) is 0 Å². The van der Waals surface area contributed by atoms with Crippen molar-refractivity contribution in [3.8, 4) is 11.8 Å². The number of nitrogens with zero attached hydrogens (tertiary/aromatic N) is 4. The molecule has 2 N–H and O–H groups in total. The molecule has 5 fully saturated rings. The lowest BCUT2D eigenvalue weighted by Crippen LogP contribution is -2.62. The van der Waals surface area contributed by atoms with Crippen molar-refractivity contribution >= 4 is 17.7 Å². The van der Waals surface area contributed by atoms with Gasteiger partial charge in [0.05, 0.1) is 6.20 Å². The van der Waals surface area contributed by atoms with Crippen molar-refractivity contribution in [2.75, 3.05) is 23.7 Å². The quantitative estimate of drug-likeness (QED) is 0.218. The number of anilines is 2. The second kappa shape index (κ2) is 13.3. The molecule has 12 heteroatoms. The maximum absolute atomic E-state index is 13.3. The second-order valence-electron chi connectivity index (χ2n) is 13.9. The molecule has 6 atom stereocenters. The lowest BCUT2D eigenvalue weighted by Gasteiger charge is -2.62. The number of carbonyl (C=O) groups excluding carboxylic acids is 1. The maximum atomic E-state index is 13.3. The van der Waals surface area contributed by atoms with Gasteiger partial charge < -0.3 is 20.1 Å². The second-order valence-corrected chi connectivity index (χ2v) is 13.9. The number of aromatic nitrogens is 2. The average molecular weight is 661 g/mol. The van der Waals surface area contributed by atoms with Crippen molar-refractivity contribution in [2.45, 2.75) is 76.5 Å². The Kier molecular flexibility index (Phi) is 8.90. The van der Waals surface area contributed by atoms with Crippen molar-refractivity contribution in [3.05, 3.63) is 77.5 Å². The first kappa shape index (κ1) is 32.2. The molecule has 9 nitrogen and oxygen atoms in total. The van der Waals surface area contributed by atoms with E-state index in [1.807, 2.05) is 30.3 Å². The Bertz CT molecular complexity index is 1650. The Morgan fingerprint density at radius 2 is 1.79 bits per heavy atom. The molecule has 8 rings (SSSR count). The molecule has 2 heterocycles. The number of nitriles is 1. The van der Waals surface area contributed by atoms with Crippen LogP contribution in [0.1, 0.15) is 61.6 Å². The van der Waals surface area contributed by atoms with Gasteiger partial charge in [0.1, 0.15) is 35.8 Å². The summed E-state index contributed by atoms with van der Waals surface area (Å²) in [5.41, 5.74) is 1.66. The number of nitrogens with one attached hydrogen (secondary N) is 2. The van der Waals surface area contributed by atoms with Crippen LogP contribution < -0.4 is 15.4 Å². The summed E-state index contributed by atoms with van der Waals surface area (Å²) < 4.78 is 48.6.